The van der Waals surface area contributed by atoms with Crippen molar-refractivity contribution in [1.82, 2.24) is 19.8 Å². The lowest BCUT2D eigenvalue weighted by Crippen LogP contribution is -2.48. The smallest absolute Gasteiger partial charge is 0.127 e. The van der Waals surface area contributed by atoms with Crippen LogP contribution in [-0.4, -0.2) is 53.8 Å². The predicted octanol–water partition coefficient (Wildman–Crippen LogP) is 2.23. The van der Waals surface area contributed by atoms with Crippen molar-refractivity contribution >= 4 is 0 Å². The SMILES string of the molecule is CCCOc1ccc(OCCN2CCNCC2c2nccn2C)cc1. The summed E-state index contributed by atoms with van der Waals surface area (Å²) in [5.74, 6) is 2.88. The van der Waals surface area contributed by atoms with Gasteiger partial charge in [0.2, 0.25) is 0 Å². The molecule has 1 aliphatic rings. The van der Waals surface area contributed by atoms with E-state index in [-0.39, 0.29) is 0 Å². The van der Waals surface area contributed by atoms with Crippen LogP contribution in [0.3, 0.4) is 0 Å². The Morgan fingerprint density at radius 3 is 2.52 bits per heavy atom. The van der Waals surface area contributed by atoms with E-state index in [1.165, 1.54) is 0 Å². The van der Waals surface area contributed by atoms with Crippen molar-refractivity contribution in [3.05, 3.63) is 42.5 Å². The molecule has 0 amide bonds. The van der Waals surface area contributed by atoms with Crippen LogP contribution < -0.4 is 14.8 Å². The zero-order chi connectivity index (χ0) is 17.5. The number of imidazole rings is 1. The predicted molar refractivity (Wildman–Crippen MR) is 98.1 cm³/mol. The van der Waals surface area contributed by atoms with Crippen LogP contribution in [0.5, 0.6) is 11.5 Å². The number of hydrogen-bond donors (Lipinski definition) is 1. The highest BCUT2D eigenvalue weighted by Crippen LogP contribution is 2.21. The third-order valence-electron chi connectivity index (χ3n) is 4.45. The maximum Gasteiger partial charge on any atom is 0.127 e. The Kier molecular flexibility index (Phi) is 6.30. The molecule has 1 fully saturated rings. The van der Waals surface area contributed by atoms with Gasteiger partial charge in [0.1, 0.15) is 23.9 Å². The van der Waals surface area contributed by atoms with Gasteiger partial charge in [-0.3, -0.25) is 4.90 Å². The minimum Gasteiger partial charge on any atom is -0.494 e. The first kappa shape index (κ1) is 17.8. The first-order valence-electron chi connectivity index (χ1n) is 9.05. The molecule has 6 heteroatoms. The second-order valence-corrected chi connectivity index (χ2v) is 6.32. The zero-order valence-electron chi connectivity index (χ0n) is 15.1. The lowest BCUT2D eigenvalue weighted by atomic mass is 10.2. The standard InChI is InChI=1S/C19H28N4O2/c1-3-13-24-16-4-6-17(7-5-16)25-14-12-23-11-8-20-15-18(23)19-21-9-10-22(19)2/h4-7,9-10,18,20H,3,8,11-15H2,1-2H3. The first-order chi connectivity index (χ1) is 12.3. The molecule has 1 unspecified atom stereocenters. The van der Waals surface area contributed by atoms with Gasteiger partial charge in [0.05, 0.1) is 12.6 Å². The molecular formula is C19H28N4O2. The van der Waals surface area contributed by atoms with Gasteiger partial charge in [0, 0.05) is 45.6 Å². The molecule has 3 rings (SSSR count). The summed E-state index contributed by atoms with van der Waals surface area (Å²) < 4.78 is 13.6. The number of nitrogens with zero attached hydrogens (tertiary/aromatic N) is 3. The van der Waals surface area contributed by atoms with Gasteiger partial charge in [-0.25, -0.2) is 4.98 Å². The van der Waals surface area contributed by atoms with Gasteiger partial charge >= 0.3 is 0 Å². The summed E-state index contributed by atoms with van der Waals surface area (Å²) in [7, 11) is 2.05. The number of benzene rings is 1. The fourth-order valence-corrected chi connectivity index (χ4v) is 3.10. The van der Waals surface area contributed by atoms with Crippen molar-refractivity contribution in [3.63, 3.8) is 0 Å². The molecule has 1 aromatic carbocycles. The Hall–Kier alpha value is -2.05. The fraction of sp³-hybridized carbons (Fsp3) is 0.526. The molecule has 1 aromatic heterocycles. The van der Waals surface area contributed by atoms with Crippen molar-refractivity contribution in [2.24, 2.45) is 7.05 Å². The normalized spacial score (nSPS) is 18.2. The van der Waals surface area contributed by atoms with Crippen LogP contribution >= 0.6 is 0 Å². The van der Waals surface area contributed by atoms with E-state index < -0.39 is 0 Å². The van der Waals surface area contributed by atoms with Gasteiger partial charge in [0.25, 0.3) is 0 Å². The van der Waals surface area contributed by atoms with Crippen molar-refractivity contribution in [3.8, 4) is 11.5 Å². The van der Waals surface area contributed by atoms with Crippen LogP contribution in [0.4, 0.5) is 0 Å². The molecule has 0 bridgehead atoms. The van der Waals surface area contributed by atoms with E-state index in [9.17, 15) is 0 Å². The monoisotopic (exact) mass is 344 g/mol. The summed E-state index contributed by atoms with van der Waals surface area (Å²) >= 11 is 0. The Bertz CT molecular complexity index is 641. The van der Waals surface area contributed by atoms with Gasteiger partial charge < -0.3 is 19.4 Å². The lowest BCUT2D eigenvalue weighted by molar-refractivity contribution is 0.127. The van der Waals surface area contributed by atoms with E-state index in [0.717, 1.165) is 56.5 Å². The maximum absolute atomic E-state index is 5.92. The summed E-state index contributed by atoms with van der Waals surface area (Å²) in [5, 5.41) is 3.46. The van der Waals surface area contributed by atoms with E-state index in [0.29, 0.717) is 12.6 Å². The molecule has 136 valence electrons. The van der Waals surface area contributed by atoms with E-state index in [1.54, 1.807) is 0 Å². The Morgan fingerprint density at radius 2 is 1.88 bits per heavy atom. The number of rotatable bonds is 8. The largest absolute Gasteiger partial charge is 0.494 e. The van der Waals surface area contributed by atoms with Gasteiger partial charge in [-0.2, -0.15) is 0 Å². The van der Waals surface area contributed by atoms with Crippen LogP contribution in [0.1, 0.15) is 25.2 Å². The maximum atomic E-state index is 5.92. The Morgan fingerprint density at radius 1 is 1.16 bits per heavy atom. The molecule has 1 aliphatic heterocycles. The molecule has 0 aliphatic carbocycles. The summed E-state index contributed by atoms with van der Waals surface area (Å²) in [6.07, 6.45) is 4.88. The van der Waals surface area contributed by atoms with Gasteiger partial charge in [0.15, 0.2) is 0 Å². The molecule has 0 spiro atoms. The zero-order valence-corrected chi connectivity index (χ0v) is 15.1. The Balaban J connectivity index is 1.51. The molecule has 0 radical (unpaired) electrons. The Labute approximate surface area is 149 Å². The highest BCUT2D eigenvalue weighted by molar-refractivity contribution is 5.31. The fourth-order valence-electron chi connectivity index (χ4n) is 3.10. The van der Waals surface area contributed by atoms with E-state index in [2.05, 4.69) is 26.7 Å². The number of nitrogens with one attached hydrogen (secondary N) is 1. The number of aromatic nitrogens is 2. The van der Waals surface area contributed by atoms with E-state index >= 15 is 0 Å². The highest BCUT2D eigenvalue weighted by atomic mass is 16.5. The van der Waals surface area contributed by atoms with Crippen LogP contribution in [0, 0.1) is 0 Å². The van der Waals surface area contributed by atoms with Crippen LogP contribution in [0.2, 0.25) is 0 Å². The average Bonchev–Trinajstić information content (AvgIpc) is 3.07. The number of piperazine rings is 1. The van der Waals surface area contributed by atoms with E-state index in [1.807, 2.05) is 43.7 Å². The second kappa shape index (κ2) is 8.87. The quantitative estimate of drug-likeness (QED) is 0.796. The first-order valence-corrected chi connectivity index (χ1v) is 9.05. The van der Waals surface area contributed by atoms with Crippen molar-refractivity contribution in [2.75, 3.05) is 39.4 Å². The van der Waals surface area contributed by atoms with Crippen molar-refractivity contribution in [2.45, 2.75) is 19.4 Å². The minimum atomic E-state index is 0.294. The molecule has 25 heavy (non-hydrogen) atoms. The molecule has 1 saturated heterocycles. The van der Waals surface area contributed by atoms with Crippen LogP contribution in [-0.2, 0) is 7.05 Å². The van der Waals surface area contributed by atoms with Gasteiger partial charge in [-0.05, 0) is 30.7 Å². The lowest BCUT2D eigenvalue weighted by Gasteiger charge is -2.35. The summed E-state index contributed by atoms with van der Waals surface area (Å²) in [6, 6.07) is 8.17. The molecular weight excluding hydrogens is 316 g/mol. The highest BCUT2D eigenvalue weighted by Gasteiger charge is 2.26. The van der Waals surface area contributed by atoms with Crippen molar-refractivity contribution in [1.29, 1.82) is 0 Å². The summed E-state index contributed by atoms with van der Waals surface area (Å²) in [6.45, 7) is 7.33. The number of hydrogen-bond acceptors (Lipinski definition) is 5. The summed E-state index contributed by atoms with van der Waals surface area (Å²) in [5.41, 5.74) is 0. The molecule has 0 saturated carbocycles. The van der Waals surface area contributed by atoms with Gasteiger partial charge in [-0.1, -0.05) is 6.92 Å². The minimum absolute atomic E-state index is 0.294. The molecule has 2 heterocycles. The second-order valence-electron chi connectivity index (χ2n) is 6.32. The molecule has 6 nitrogen and oxygen atoms in total. The van der Waals surface area contributed by atoms with Crippen LogP contribution in [0.15, 0.2) is 36.7 Å². The number of ether oxygens (including phenoxy) is 2. The number of aryl methyl sites for hydroxylation is 1. The van der Waals surface area contributed by atoms with E-state index in [4.69, 9.17) is 9.47 Å². The summed E-state index contributed by atoms with van der Waals surface area (Å²) in [4.78, 5) is 6.96. The molecule has 1 N–H and O–H groups in total. The topological polar surface area (TPSA) is 51.6 Å². The average molecular weight is 344 g/mol. The van der Waals surface area contributed by atoms with Gasteiger partial charge in [-0.15, -0.1) is 0 Å². The third kappa shape index (κ3) is 4.74. The third-order valence-corrected chi connectivity index (χ3v) is 4.45. The molecule has 1 atom stereocenters. The van der Waals surface area contributed by atoms with Crippen LogP contribution in [0.25, 0.3) is 0 Å². The van der Waals surface area contributed by atoms with Crippen molar-refractivity contribution < 1.29 is 9.47 Å². The molecule has 2 aromatic rings.